The van der Waals surface area contributed by atoms with Gasteiger partial charge in [-0.3, -0.25) is 0 Å². The summed E-state index contributed by atoms with van der Waals surface area (Å²) in [6.07, 6.45) is 4.09. The number of esters is 1. The van der Waals surface area contributed by atoms with Crippen LogP contribution in [0.15, 0.2) is 36.4 Å². The molecule has 2 aromatic rings. The third-order valence-corrected chi connectivity index (χ3v) is 5.51. The largest absolute Gasteiger partial charge is 0.513 e. The first-order valence-electron chi connectivity index (χ1n) is 12.1. The molecular weight excluding hydrogens is 416 g/mol. The Balaban J connectivity index is 2.35. The van der Waals surface area contributed by atoms with Gasteiger partial charge in [-0.05, 0) is 60.4 Å². The minimum Gasteiger partial charge on any atom is -0.434 e. The third kappa shape index (κ3) is 7.92. The van der Waals surface area contributed by atoms with Crippen LogP contribution in [-0.4, -0.2) is 18.7 Å². The van der Waals surface area contributed by atoms with Crippen LogP contribution in [0.25, 0.3) is 0 Å². The maximum Gasteiger partial charge on any atom is 0.513 e. The second-order valence-electron chi connectivity index (χ2n) is 8.99. The zero-order valence-corrected chi connectivity index (χ0v) is 20.9. The van der Waals surface area contributed by atoms with Crippen molar-refractivity contribution in [3.05, 3.63) is 58.7 Å². The highest BCUT2D eigenvalue weighted by Crippen LogP contribution is 2.39. The quantitative estimate of drug-likeness (QED) is 0.150. The number of unbranched alkanes of at least 4 members (excludes halogenated alkanes) is 2. The Labute approximate surface area is 198 Å². The van der Waals surface area contributed by atoms with E-state index in [9.17, 15) is 9.59 Å². The number of benzene rings is 2. The van der Waals surface area contributed by atoms with E-state index in [1.165, 1.54) is 5.56 Å². The van der Waals surface area contributed by atoms with Gasteiger partial charge in [0.25, 0.3) is 0 Å². The van der Waals surface area contributed by atoms with Crippen LogP contribution in [0.2, 0.25) is 0 Å². The molecule has 0 aliphatic carbocycles. The van der Waals surface area contributed by atoms with Crippen LogP contribution in [0, 0.1) is 0 Å². The van der Waals surface area contributed by atoms with E-state index < -0.39 is 12.1 Å². The van der Waals surface area contributed by atoms with Crippen molar-refractivity contribution in [2.24, 2.45) is 0 Å². The van der Waals surface area contributed by atoms with E-state index >= 15 is 0 Å². The molecule has 0 saturated heterocycles. The normalized spacial score (nSPS) is 11.0. The molecule has 0 heterocycles. The van der Waals surface area contributed by atoms with Crippen molar-refractivity contribution in [3.63, 3.8) is 0 Å². The topological polar surface area (TPSA) is 61.8 Å². The molecule has 2 rings (SSSR count). The summed E-state index contributed by atoms with van der Waals surface area (Å²) >= 11 is 0. The summed E-state index contributed by atoms with van der Waals surface area (Å²) in [6.45, 7) is 12.6. The summed E-state index contributed by atoms with van der Waals surface area (Å²) in [5, 5.41) is 0. The third-order valence-electron chi connectivity index (χ3n) is 5.51. The van der Waals surface area contributed by atoms with Crippen LogP contribution in [0.4, 0.5) is 4.79 Å². The molecule has 0 unspecified atom stereocenters. The van der Waals surface area contributed by atoms with Crippen molar-refractivity contribution in [1.29, 1.82) is 0 Å². The molecule has 0 aromatic heterocycles. The lowest BCUT2D eigenvalue weighted by Crippen LogP contribution is -2.16. The van der Waals surface area contributed by atoms with Crippen LogP contribution in [0.3, 0.4) is 0 Å². The summed E-state index contributed by atoms with van der Waals surface area (Å²) in [4.78, 5) is 25.3. The average Bonchev–Trinajstić information content (AvgIpc) is 2.78. The standard InChI is InChI=1S/C28H38O5/c1-7-9-11-21-12-14-22(15-13-21)27(29)32-25-18-23(19(3)4)17-24(20(5)6)26(25)33-28(30)31-16-10-8-2/h12-15,17-20H,7-11,16H2,1-6H3. The Hall–Kier alpha value is -2.82. The number of carbonyl (C=O) groups is 2. The van der Waals surface area contributed by atoms with Gasteiger partial charge in [-0.25, -0.2) is 9.59 Å². The summed E-state index contributed by atoms with van der Waals surface area (Å²) in [5.41, 5.74) is 3.44. The second kappa shape index (κ2) is 13.0. The minimum absolute atomic E-state index is 0.0532. The van der Waals surface area contributed by atoms with Crippen LogP contribution >= 0.6 is 0 Å². The summed E-state index contributed by atoms with van der Waals surface area (Å²) in [7, 11) is 0. The van der Waals surface area contributed by atoms with Gasteiger partial charge in [0.2, 0.25) is 0 Å². The van der Waals surface area contributed by atoms with Gasteiger partial charge < -0.3 is 14.2 Å². The monoisotopic (exact) mass is 454 g/mol. The molecule has 0 spiro atoms. The van der Waals surface area contributed by atoms with Crippen molar-refractivity contribution >= 4 is 12.1 Å². The lowest BCUT2D eigenvalue weighted by Gasteiger charge is -2.19. The van der Waals surface area contributed by atoms with E-state index in [2.05, 4.69) is 20.8 Å². The van der Waals surface area contributed by atoms with Gasteiger partial charge in [-0.1, -0.05) is 72.6 Å². The average molecular weight is 455 g/mol. The molecule has 2 aromatic carbocycles. The highest BCUT2D eigenvalue weighted by atomic mass is 16.7. The van der Waals surface area contributed by atoms with Gasteiger partial charge in [0.05, 0.1) is 12.2 Å². The summed E-state index contributed by atoms with van der Waals surface area (Å²) in [5.74, 6) is 0.249. The number of hydrogen-bond acceptors (Lipinski definition) is 5. The second-order valence-corrected chi connectivity index (χ2v) is 8.99. The van der Waals surface area contributed by atoms with Gasteiger partial charge in [-0.2, -0.15) is 0 Å². The molecular formula is C28H38O5. The molecule has 0 bridgehead atoms. The highest BCUT2D eigenvalue weighted by Gasteiger charge is 2.23. The van der Waals surface area contributed by atoms with Crippen molar-refractivity contribution in [1.82, 2.24) is 0 Å². The molecule has 0 atom stereocenters. The van der Waals surface area contributed by atoms with Gasteiger partial charge in [-0.15, -0.1) is 0 Å². The zero-order chi connectivity index (χ0) is 24.4. The van der Waals surface area contributed by atoms with E-state index in [-0.39, 0.29) is 29.9 Å². The SMILES string of the molecule is CCCCOC(=O)Oc1c(OC(=O)c2ccc(CCCC)cc2)cc(C(C)C)cc1C(C)C. The predicted molar refractivity (Wildman–Crippen MR) is 132 cm³/mol. The van der Waals surface area contributed by atoms with Gasteiger partial charge in [0.1, 0.15) is 0 Å². The van der Waals surface area contributed by atoms with Crippen molar-refractivity contribution in [3.8, 4) is 11.5 Å². The Morgan fingerprint density at radius 1 is 0.848 bits per heavy atom. The van der Waals surface area contributed by atoms with Crippen LogP contribution in [0.1, 0.15) is 106 Å². The smallest absolute Gasteiger partial charge is 0.434 e. The fourth-order valence-corrected chi connectivity index (χ4v) is 3.35. The molecule has 0 radical (unpaired) electrons. The molecule has 180 valence electrons. The zero-order valence-electron chi connectivity index (χ0n) is 20.9. The van der Waals surface area contributed by atoms with Gasteiger partial charge >= 0.3 is 12.1 Å². The Morgan fingerprint density at radius 2 is 1.52 bits per heavy atom. The fraction of sp³-hybridized carbons (Fsp3) is 0.500. The number of carbonyl (C=O) groups excluding carboxylic acids is 2. The van der Waals surface area contributed by atoms with E-state index in [1.54, 1.807) is 18.2 Å². The first kappa shape index (κ1) is 26.4. The molecule has 0 saturated carbocycles. The molecule has 0 N–H and O–H groups in total. The van der Waals surface area contributed by atoms with Crippen LogP contribution in [-0.2, 0) is 11.2 Å². The number of hydrogen-bond donors (Lipinski definition) is 0. The number of rotatable bonds is 11. The Morgan fingerprint density at radius 3 is 2.09 bits per heavy atom. The molecule has 0 amide bonds. The number of ether oxygens (including phenoxy) is 3. The molecule has 5 heteroatoms. The van der Waals surface area contributed by atoms with Crippen LogP contribution < -0.4 is 9.47 Å². The van der Waals surface area contributed by atoms with E-state index in [0.29, 0.717) is 5.56 Å². The highest BCUT2D eigenvalue weighted by molar-refractivity contribution is 5.91. The lowest BCUT2D eigenvalue weighted by molar-refractivity contribution is 0.0714. The molecule has 0 aliphatic heterocycles. The van der Waals surface area contributed by atoms with E-state index in [1.807, 2.05) is 39.0 Å². The maximum atomic E-state index is 13.0. The molecule has 0 aliphatic rings. The lowest BCUT2D eigenvalue weighted by atomic mass is 9.94. The minimum atomic E-state index is -0.791. The fourth-order valence-electron chi connectivity index (χ4n) is 3.35. The van der Waals surface area contributed by atoms with Gasteiger partial charge in [0.15, 0.2) is 11.5 Å². The first-order valence-corrected chi connectivity index (χ1v) is 12.1. The van der Waals surface area contributed by atoms with E-state index in [4.69, 9.17) is 14.2 Å². The summed E-state index contributed by atoms with van der Waals surface area (Å²) in [6, 6.07) is 11.3. The molecule has 5 nitrogen and oxygen atoms in total. The Bertz CT molecular complexity index is 913. The molecule has 33 heavy (non-hydrogen) atoms. The summed E-state index contributed by atoms with van der Waals surface area (Å²) < 4.78 is 16.6. The van der Waals surface area contributed by atoms with Gasteiger partial charge in [0, 0.05) is 5.56 Å². The van der Waals surface area contributed by atoms with Crippen LogP contribution in [0.5, 0.6) is 11.5 Å². The van der Waals surface area contributed by atoms with E-state index in [0.717, 1.165) is 43.2 Å². The maximum absolute atomic E-state index is 13.0. The van der Waals surface area contributed by atoms with Crippen molar-refractivity contribution in [2.75, 3.05) is 6.61 Å². The first-order chi connectivity index (χ1) is 15.8. The van der Waals surface area contributed by atoms with Crippen molar-refractivity contribution in [2.45, 2.75) is 85.5 Å². The van der Waals surface area contributed by atoms with Crippen molar-refractivity contribution < 1.29 is 23.8 Å². The Kier molecular flexibility index (Phi) is 10.4. The molecule has 0 fully saturated rings. The predicted octanol–water partition coefficient (Wildman–Crippen LogP) is 7.81. The number of aryl methyl sites for hydroxylation is 1.